The van der Waals surface area contributed by atoms with E-state index in [0.717, 1.165) is 19.5 Å². The standard InChI is InChI=1S/C8H15BrFN/c1-7-6-11(5-3-10)4-2-8(7)9/h7-8H,2-6H2,1H3. The molecular weight excluding hydrogens is 209 g/mol. The molecule has 2 unspecified atom stereocenters. The fraction of sp³-hybridized carbons (Fsp3) is 1.00. The van der Waals surface area contributed by atoms with Crippen LogP contribution >= 0.6 is 15.9 Å². The number of nitrogens with zero attached hydrogens (tertiary/aromatic N) is 1. The molecule has 66 valence electrons. The van der Waals surface area contributed by atoms with Crippen LogP contribution in [0.3, 0.4) is 0 Å². The lowest BCUT2D eigenvalue weighted by atomic mass is 10.0. The van der Waals surface area contributed by atoms with Crippen molar-refractivity contribution in [1.82, 2.24) is 4.90 Å². The summed E-state index contributed by atoms with van der Waals surface area (Å²) in [4.78, 5) is 2.83. The molecule has 1 rings (SSSR count). The van der Waals surface area contributed by atoms with Gasteiger partial charge in [0.15, 0.2) is 0 Å². The fourth-order valence-electron chi connectivity index (χ4n) is 1.53. The molecule has 1 nitrogen and oxygen atoms in total. The Balaban J connectivity index is 2.28. The van der Waals surface area contributed by atoms with Crippen LogP contribution in [0.25, 0.3) is 0 Å². The van der Waals surface area contributed by atoms with Crippen LogP contribution in [0.1, 0.15) is 13.3 Å². The lowest BCUT2D eigenvalue weighted by Gasteiger charge is -2.33. The second-order valence-electron chi connectivity index (χ2n) is 3.27. The molecule has 0 amide bonds. The van der Waals surface area contributed by atoms with E-state index in [9.17, 15) is 4.39 Å². The molecule has 2 atom stereocenters. The number of halogens is 2. The molecule has 0 N–H and O–H groups in total. The zero-order valence-corrected chi connectivity index (χ0v) is 8.48. The minimum absolute atomic E-state index is 0.209. The number of alkyl halides is 2. The third-order valence-electron chi connectivity index (χ3n) is 2.29. The highest BCUT2D eigenvalue weighted by Crippen LogP contribution is 2.22. The first-order chi connectivity index (χ1) is 5.24. The molecule has 0 radical (unpaired) electrons. The Kier molecular flexibility index (Phi) is 3.79. The van der Waals surface area contributed by atoms with Crippen LogP contribution in [-0.2, 0) is 0 Å². The monoisotopic (exact) mass is 223 g/mol. The number of likely N-dealkylation sites (tertiary alicyclic amines) is 1. The van der Waals surface area contributed by atoms with Crippen molar-refractivity contribution in [2.75, 3.05) is 26.3 Å². The number of hydrogen-bond donors (Lipinski definition) is 0. The van der Waals surface area contributed by atoms with Gasteiger partial charge in [-0.15, -0.1) is 0 Å². The van der Waals surface area contributed by atoms with Crippen LogP contribution in [0, 0.1) is 5.92 Å². The van der Waals surface area contributed by atoms with Crippen LogP contribution in [0.15, 0.2) is 0 Å². The predicted octanol–water partition coefficient (Wildman–Crippen LogP) is 2.06. The first-order valence-electron chi connectivity index (χ1n) is 4.16. The predicted molar refractivity (Wildman–Crippen MR) is 48.9 cm³/mol. The smallest absolute Gasteiger partial charge is 0.102 e. The molecule has 0 aliphatic carbocycles. The average Bonchev–Trinajstić information content (AvgIpc) is 1.98. The summed E-state index contributed by atoms with van der Waals surface area (Å²) in [6.45, 7) is 4.71. The molecule has 1 heterocycles. The summed E-state index contributed by atoms with van der Waals surface area (Å²) in [5.41, 5.74) is 0. The van der Waals surface area contributed by atoms with Crippen LogP contribution < -0.4 is 0 Å². The van der Waals surface area contributed by atoms with Gasteiger partial charge < -0.3 is 4.90 Å². The highest BCUT2D eigenvalue weighted by atomic mass is 79.9. The first kappa shape index (κ1) is 9.46. The second kappa shape index (κ2) is 4.41. The summed E-state index contributed by atoms with van der Waals surface area (Å²) < 4.78 is 11.9. The molecule has 0 spiro atoms. The quantitative estimate of drug-likeness (QED) is 0.649. The molecule has 0 aromatic heterocycles. The molecule has 0 saturated carbocycles. The van der Waals surface area contributed by atoms with E-state index in [1.807, 2.05) is 0 Å². The van der Waals surface area contributed by atoms with E-state index in [-0.39, 0.29) is 6.67 Å². The Labute approximate surface area is 76.1 Å². The van der Waals surface area contributed by atoms with Crippen LogP contribution in [0.2, 0.25) is 0 Å². The van der Waals surface area contributed by atoms with Gasteiger partial charge >= 0.3 is 0 Å². The highest BCUT2D eigenvalue weighted by Gasteiger charge is 2.23. The average molecular weight is 224 g/mol. The Morgan fingerprint density at radius 2 is 2.36 bits per heavy atom. The molecule has 0 aromatic carbocycles. The van der Waals surface area contributed by atoms with E-state index in [1.54, 1.807) is 0 Å². The molecule has 1 aliphatic rings. The molecule has 0 bridgehead atoms. The maximum atomic E-state index is 11.9. The molecule has 1 fully saturated rings. The maximum Gasteiger partial charge on any atom is 0.102 e. The number of piperidine rings is 1. The normalized spacial score (nSPS) is 34.1. The largest absolute Gasteiger partial charge is 0.300 e. The van der Waals surface area contributed by atoms with Gasteiger partial charge in [-0.25, -0.2) is 4.39 Å². The molecular formula is C8H15BrFN. The van der Waals surface area contributed by atoms with E-state index in [1.165, 1.54) is 0 Å². The fourth-order valence-corrected chi connectivity index (χ4v) is 1.90. The second-order valence-corrected chi connectivity index (χ2v) is 4.45. The minimum Gasteiger partial charge on any atom is -0.300 e. The van der Waals surface area contributed by atoms with Gasteiger partial charge in [-0.2, -0.15) is 0 Å². The van der Waals surface area contributed by atoms with Crippen molar-refractivity contribution in [3.63, 3.8) is 0 Å². The van der Waals surface area contributed by atoms with E-state index in [4.69, 9.17) is 0 Å². The number of hydrogen-bond acceptors (Lipinski definition) is 1. The van der Waals surface area contributed by atoms with Gasteiger partial charge in [-0.05, 0) is 18.9 Å². The van der Waals surface area contributed by atoms with Gasteiger partial charge in [0, 0.05) is 17.9 Å². The topological polar surface area (TPSA) is 3.24 Å². The summed E-state index contributed by atoms with van der Waals surface area (Å²) in [6, 6.07) is 0. The Hall–Kier alpha value is 0.370. The summed E-state index contributed by atoms with van der Waals surface area (Å²) in [5.74, 6) is 0.662. The SMILES string of the molecule is CC1CN(CCF)CCC1Br. The number of rotatable bonds is 2. The maximum absolute atomic E-state index is 11.9. The van der Waals surface area contributed by atoms with Gasteiger partial charge in [0.1, 0.15) is 6.67 Å². The molecule has 11 heavy (non-hydrogen) atoms. The Morgan fingerprint density at radius 3 is 2.91 bits per heavy atom. The van der Waals surface area contributed by atoms with E-state index >= 15 is 0 Å². The molecule has 1 aliphatic heterocycles. The van der Waals surface area contributed by atoms with Crippen LogP contribution in [-0.4, -0.2) is 36.0 Å². The third-order valence-corrected chi connectivity index (χ3v) is 3.65. The van der Waals surface area contributed by atoms with Gasteiger partial charge in [-0.3, -0.25) is 0 Å². The zero-order valence-electron chi connectivity index (χ0n) is 6.89. The summed E-state index contributed by atoms with van der Waals surface area (Å²) in [5, 5.41) is 0. The van der Waals surface area contributed by atoms with Crippen LogP contribution in [0.4, 0.5) is 4.39 Å². The van der Waals surface area contributed by atoms with Gasteiger partial charge in [0.2, 0.25) is 0 Å². The van der Waals surface area contributed by atoms with Gasteiger partial charge in [0.25, 0.3) is 0 Å². The zero-order chi connectivity index (χ0) is 8.27. The van der Waals surface area contributed by atoms with E-state index < -0.39 is 0 Å². The first-order valence-corrected chi connectivity index (χ1v) is 5.08. The van der Waals surface area contributed by atoms with Crippen molar-refractivity contribution in [2.45, 2.75) is 18.2 Å². The summed E-state index contributed by atoms with van der Waals surface area (Å²) >= 11 is 3.61. The lowest BCUT2D eigenvalue weighted by Crippen LogP contribution is -2.40. The van der Waals surface area contributed by atoms with Crippen LogP contribution in [0.5, 0.6) is 0 Å². The van der Waals surface area contributed by atoms with Crippen molar-refractivity contribution in [3.05, 3.63) is 0 Å². The molecule has 1 saturated heterocycles. The summed E-state index contributed by atoms with van der Waals surface area (Å²) in [7, 11) is 0. The van der Waals surface area contributed by atoms with Crippen molar-refractivity contribution < 1.29 is 4.39 Å². The Bertz CT molecular complexity index is 121. The molecule has 3 heteroatoms. The van der Waals surface area contributed by atoms with Crippen molar-refractivity contribution in [3.8, 4) is 0 Å². The summed E-state index contributed by atoms with van der Waals surface area (Å²) in [6.07, 6.45) is 1.15. The van der Waals surface area contributed by atoms with Crippen molar-refractivity contribution >= 4 is 15.9 Å². The van der Waals surface area contributed by atoms with Crippen molar-refractivity contribution in [2.24, 2.45) is 5.92 Å². The third kappa shape index (κ3) is 2.71. The Morgan fingerprint density at radius 1 is 1.64 bits per heavy atom. The molecule has 0 aromatic rings. The van der Waals surface area contributed by atoms with E-state index in [0.29, 0.717) is 17.3 Å². The van der Waals surface area contributed by atoms with Gasteiger partial charge in [-0.1, -0.05) is 22.9 Å². The lowest BCUT2D eigenvalue weighted by molar-refractivity contribution is 0.178. The highest BCUT2D eigenvalue weighted by molar-refractivity contribution is 9.09. The van der Waals surface area contributed by atoms with Gasteiger partial charge in [0.05, 0.1) is 0 Å². The minimum atomic E-state index is -0.209. The van der Waals surface area contributed by atoms with Crippen molar-refractivity contribution in [1.29, 1.82) is 0 Å². The van der Waals surface area contributed by atoms with E-state index in [2.05, 4.69) is 27.8 Å².